The van der Waals surface area contributed by atoms with Gasteiger partial charge in [-0.05, 0) is 18.6 Å². The van der Waals surface area contributed by atoms with Crippen molar-refractivity contribution in [2.45, 2.75) is 11.2 Å². The quantitative estimate of drug-likeness (QED) is 0.721. The molecule has 1 amide bonds. The average molecular weight is 276 g/mol. The van der Waals surface area contributed by atoms with Crippen LogP contribution in [0.4, 0.5) is 14.5 Å². The summed E-state index contributed by atoms with van der Waals surface area (Å²) in [5.74, 6) is -1.94. The summed E-state index contributed by atoms with van der Waals surface area (Å²) in [5.41, 5.74) is 0.404. The number of halogens is 3. The summed E-state index contributed by atoms with van der Waals surface area (Å²) >= 11 is 3.22. The van der Waals surface area contributed by atoms with E-state index in [0.717, 1.165) is 12.1 Å². The van der Waals surface area contributed by atoms with Gasteiger partial charge < -0.3 is 4.90 Å². The van der Waals surface area contributed by atoms with Crippen LogP contribution < -0.4 is 4.90 Å². The first-order valence-electron chi connectivity index (χ1n) is 4.50. The van der Waals surface area contributed by atoms with Crippen molar-refractivity contribution in [2.75, 3.05) is 11.4 Å². The maximum atomic E-state index is 12.9. The molecule has 15 heavy (non-hydrogen) atoms. The van der Waals surface area contributed by atoms with Crippen LogP contribution in [-0.4, -0.2) is 17.3 Å². The van der Waals surface area contributed by atoms with Gasteiger partial charge in [0, 0.05) is 18.3 Å². The van der Waals surface area contributed by atoms with Crippen molar-refractivity contribution in [3.05, 3.63) is 29.8 Å². The summed E-state index contributed by atoms with van der Waals surface area (Å²) in [6.07, 6.45) is 0.678. The molecule has 1 aromatic carbocycles. The molecule has 1 heterocycles. The number of carbonyl (C=O) groups excluding carboxylic acids is 1. The van der Waals surface area contributed by atoms with E-state index in [4.69, 9.17) is 0 Å². The largest absolute Gasteiger partial charge is 0.311 e. The van der Waals surface area contributed by atoms with Crippen LogP contribution in [-0.2, 0) is 4.79 Å². The van der Waals surface area contributed by atoms with Gasteiger partial charge in [0.05, 0.1) is 4.83 Å². The first-order chi connectivity index (χ1) is 7.09. The molecule has 1 fully saturated rings. The first kappa shape index (κ1) is 10.5. The molecular weight excluding hydrogens is 268 g/mol. The van der Waals surface area contributed by atoms with Crippen molar-refractivity contribution in [3.63, 3.8) is 0 Å². The Morgan fingerprint density at radius 3 is 2.60 bits per heavy atom. The van der Waals surface area contributed by atoms with Gasteiger partial charge >= 0.3 is 0 Å². The number of alkyl halides is 1. The molecule has 5 heteroatoms. The smallest absolute Gasteiger partial charge is 0.240 e. The van der Waals surface area contributed by atoms with Gasteiger partial charge in [0.25, 0.3) is 0 Å². The summed E-state index contributed by atoms with van der Waals surface area (Å²) in [7, 11) is 0. The van der Waals surface area contributed by atoms with Gasteiger partial charge in [-0.3, -0.25) is 4.79 Å². The fourth-order valence-corrected chi connectivity index (χ4v) is 2.01. The van der Waals surface area contributed by atoms with Crippen molar-refractivity contribution in [1.82, 2.24) is 0 Å². The zero-order chi connectivity index (χ0) is 11.0. The van der Waals surface area contributed by atoms with Crippen LogP contribution in [0.2, 0.25) is 0 Å². The van der Waals surface area contributed by atoms with Crippen LogP contribution in [0.15, 0.2) is 18.2 Å². The number of carbonyl (C=O) groups is 1. The summed E-state index contributed by atoms with van der Waals surface area (Å²) in [6.45, 7) is 0.528. The van der Waals surface area contributed by atoms with E-state index < -0.39 is 11.6 Å². The molecule has 0 saturated carbocycles. The number of amides is 1. The maximum absolute atomic E-state index is 12.9. The molecule has 1 aliphatic rings. The van der Waals surface area contributed by atoms with E-state index in [1.165, 1.54) is 11.0 Å². The molecule has 2 rings (SSSR count). The van der Waals surface area contributed by atoms with Gasteiger partial charge in [0.2, 0.25) is 5.91 Å². The van der Waals surface area contributed by atoms with Crippen molar-refractivity contribution in [3.8, 4) is 0 Å². The fourth-order valence-electron chi connectivity index (χ4n) is 1.55. The molecule has 0 bridgehead atoms. The zero-order valence-electron chi connectivity index (χ0n) is 7.71. The molecule has 1 atom stereocenters. The molecule has 1 saturated heterocycles. The van der Waals surface area contributed by atoms with E-state index in [0.29, 0.717) is 18.7 Å². The van der Waals surface area contributed by atoms with E-state index in [1.807, 2.05) is 0 Å². The monoisotopic (exact) mass is 275 g/mol. The first-order valence-corrected chi connectivity index (χ1v) is 5.41. The Kier molecular flexibility index (Phi) is 2.73. The summed E-state index contributed by atoms with van der Waals surface area (Å²) < 4.78 is 25.6. The highest BCUT2D eigenvalue weighted by Crippen LogP contribution is 2.26. The fraction of sp³-hybridized carbons (Fsp3) is 0.300. The van der Waals surface area contributed by atoms with Crippen molar-refractivity contribution in [2.24, 2.45) is 0 Å². The van der Waals surface area contributed by atoms with E-state index in [9.17, 15) is 13.6 Å². The number of rotatable bonds is 1. The molecule has 80 valence electrons. The van der Waals surface area contributed by atoms with Crippen LogP contribution in [0.25, 0.3) is 0 Å². The average Bonchev–Trinajstić information content (AvgIpc) is 2.53. The SMILES string of the molecule is O=C1C(Br)CCN1c1ccc(F)c(F)c1. The lowest BCUT2D eigenvalue weighted by Gasteiger charge is -2.15. The van der Waals surface area contributed by atoms with Gasteiger partial charge in [0.15, 0.2) is 11.6 Å². The predicted octanol–water partition coefficient (Wildman–Crippen LogP) is 2.47. The van der Waals surface area contributed by atoms with Crippen molar-refractivity contribution in [1.29, 1.82) is 0 Å². The van der Waals surface area contributed by atoms with Crippen LogP contribution in [0.3, 0.4) is 0 Å². The van der Waals surface area contributed by atoms with Gasteiger partial charge in [-0.15, -0.1) is 0 Å². The second kappa shape index (κ2) is 3.89. The highest BCUT2D eigenvalue weighted by atomic mass is 79.9. The predicted molar refractivity (Wildman–Crippen MR) is 56.0 cm³/mol. The van der Waals surface area contributed by atoms with E-state index in [-0.39, 0.29) is 10.7 Å². The van der Waals surface area contributed by atoms with E-state index >= 15 is 0 Å². The molecule has 0 aromatic heterocycles. The summed E-state index contributed by atoms with van der Waals surface area (Å²) in [6, 6.07) is 3.47. The minimum atomic E-state index is -0.932. The molecule has 0 radical (unpaired) electrons. The number of nitrogens with zero attached hydrogens (tertiary/aromatic N) is 1. The van der Waals surface area contributed by atoms with Crippen molar-refractivity contribution >= 4 is 27.5 Å². The lowest BCUT2D eigenvalue weighted by molar-refractivity contribution is -0.116. The normalized spacial score (nSPS) is 21.1. The standard InChI is InChI=1S/C10H8BrF2NO/c11-7-3-4-14(10(7)15)6-1-2-8(12)9(13)5-6/h1-2,5,7H,3-4H2. The molecule has 0 N–H and O–H groups in total. The lowest BCUT2D eigenvalue weighted by atomic mass is 10.3. The Hall–Kier alpha value is -0.970. The maximum Gasteiger partial charge on any atom is 0.240 e. The molecule has 1 aliphatic heterocycles. The molecule has 0 aliphatic carbocycles. The van der Waals surface area contributed by atoms with E-state index in [1.54, 1.807) is 0 Å². The molecule has 1 aromatic rings. The number of anilines is 1. The van der Waals surface area contributed by atoms with Gasteiger partial charge in [-0.2, -0.15) is 0 Å². The summed E-state index contributed by atoms with van der Waals surface area (Å²) in [4.78, 5) is 12.8. The Morgan fingerprint density at radius 1 is 1.33 bits per heavy atom. The van der Waals surface area contributed by atoms with Crippen LogP contribution in [0.1, 0.15) is 6.42 Å². The topological polar surface area (TPSA) is 20.3 Å². The molecular formula is C10H8BrF2NO. The number of hydrogen-bond donors (Lipinski definition) is 0. The third-order valence-corrected chi connectivity index (χ3v) is 3.20. The minimum absolute atomic E-state index is 0.110. The second-order valence-electron chi connectivity index (χ2n) is 3.34. The van der Waals surface area contributed by atoms with Gasteiger partial charge in [-0.25, -0.2) is 8.78 Å². The Morgan fingerprint density at radius 2 is 2.07 bits per heavy atom. The van der Waals surface area contributed by atoms with Gasteiger partial charge in [-0.1, -0.05) is 15.9 Å². The third kappa shape index (κ3) is 1.88. The van der Waals surface area contributed by atoms with Gasteiger partial charge in [0.1, 0.15) is 0 Å². The van der Waals surface area contributed by atoms with Crippen LogP contribution >= 0.6 is 15.9 Å². The Balaban J connectivity index is 2.31. The van der Waals surface area contributed by atoms with Crippen LogP contribution in [0.5, 0.6) is 0 Å². The lowest BCUT2D eigenvalue weighted by Crippen LogP contribution is -2.27. The highest BCUT2D eigenvalue weighted by Gasteiger charge is 2.30. The second-order valence-corrected chi connectivity index (χ2v) is 4.45. The summed E-state index contributed by atoms with van der Waals surface area (Å²) in [5, 5.41) is 0. The highest BCUT2D eigenvalue weighted by molar-refractivity contribution is 9.10. The molecule has 0 spiro atoms. The molecule has 1 unspecified atom stereocenters. The number of benzene rings is 1. The molecule has 2 nitrogen and oxygen atoms in total. The van der Waals surface area contributed by atoms with Crippen molar-refractivity contribution < 1.29 is 13.6 Å². The minimum Gasteiger partial charge on any atom is -0.311 e. The van der Waals surface area contributed by atoms with Crippen LogP contribution in [0, 0.1) is 11.6 Å². The van der Waals surface area contributed by atoms with E-state index in [2.05, 4.69) is 15.9 Å². The number of hydrogen-bond acceptors (Lipinski definition) is 1. The Bertz CT molecular complexity index is 410. The third-order valence-electron chi connectivity index (χ3n) is 2.35. The Labute approximate surface area is 94.0 Å². The zero-order valence-corrected chi connectivity index (χ0v) is 9.30.